The highest BCUT2D eigenvalue weighted by Gasteiger charge is 2.29. The lowest BCUT2D eigenvalue weighted by Gasteiger charge is -2.36. The lowest BCUT2D eigenvalue weighted by molar-refractivity contribution is 0.0414. The molecule has 1 saturated heterocycles. The average Bonchev–Trinajstić information content (AvgIpc) is 2.85. The highest BCUT2D eigenvalue weighted by atomic mass is 16.4. The molecule has 0 radical (unpaired) electrons. The van der Waals surface area contributed by atoms with E-state index in [1.807, 2.05) is 6.92 Å². The molecule has 0 amide bonds. The third-order valence-corrected chi connectivity index (χ3v) is 4.14. The summed E-state index contributed by atoms with van der Waals surface area (Å²) in [4.78, 5) is 2.34. The van der Waals surface area contributed by atoms with Crippen molar-refractivity contribution in [1.82, 2.24) is 15.1 Å². The van der Waals surface area contributed by atoms with E-state index >= 15 is 0 Å². The maximum atomic E-state index is 9.77. The van der Waals surface area contributed by atoms with E-state index in [0.717, 1.165) is 38.2 Å². The third-order valence-electron chi connectivity index (χ3n) is 4.14. The molecule has 0 aliphatic carbocycles. The SMILES string of the molecule is CC(C)Cc1nnc(C(C)N2CCCC(C(C)O)C2)o1. The molecule has 1 N–H and O–H groups in total. The monoisotopic (exact) mass is 281 g/mol. The summed E-state index contributed by atoms with van der Waals surface area (Å²) < 4.78 is 5.78. The Labute approximate surface area is 121 Å². The van der Waals surface area contributed by atoms with Crippen LogP contribution in [0.3, 0.4) is 0 Å². The number of aromatic nitrogens is 2. The van der Waals surface area contributed by atoms with E-state index in [-0.39, 0.29) is 12.1 Å². The van der Waals surface area contributed by atoms with Crippen LogP contribution in [0.2, 0.25) is 0 Å². The Balaban J connectivity index is 1.99. The molecule has 114 valence electrons. The average molecular weight is 281 g/mol. The zero-order valence-corrected chi connectivity index (χ0v) is 13.0. The van der Waals surface area contributed by atoms with Crippen molar-refractivity contribution in [2.75, 3.05) is 13.1 Å². The van der Waals surface area contributed by atoms with Crippen molar-refractivity contribution in [3.05, 3.63) is 11.8 Å². The van der Waals surface area contributed by atoms with E-state index in [2.05, 4.69) is 35.9 Å². The molecule has 0 aromatic carbocycles. The zero-order valence-electron chi connectivity index (χ0n) is 13.0. The lowest BCUT2D eigenvalue weighted by Crippen LogP contribution is -2.40. The van der Waals surface area contributed by atoms with Crippen molar-refractivity contribution in [1.29, 1.82) is 0 Å². The second kappa shape index (κ2) is 6.68. The summed E-state index contributed by atoms with van der Waals surface area (Å²) in [6.07, 6.45) is 2.80. The van der Waals surface area contributed by atoms with Gasteiger partial charge in [-0.1, -0.05) is 13.8 Å². The van der Waals surface area contributed by atoms with Crippen LogP contribution in [0.4, 0.5) is 0 Å². The van der Waals surface area contributed by atoms with Gasteiger partial charge < -0.3 is 9.52 Å². The van der Waals surface area contributed by atoms with Gasteiger partial charge in [0.05, 0.1) is 12.1 Å². The summed E-state index contributed by atoms with van der Waals surface area (Å²) in [5.74, 6) is 2.30. The highest BCUT2D eigenvalue weighted by Crippen LogP contribution is 2.27. The molecule has 5 nitrogen and oxygen atoms in total. The van der Waals surface area contributed by atoms with E-state index in [1.54, 1.807) is 0 Å². The quantitative estimate of drug-likeness (QED) is 0.898. The van der Waals surface area contributed by atoms with Gasteiger partial charge in [0.25, 0.3) is 0 Å². The second-order valence-corrected chi connectivity index (χ2v) is 6.45. The Bertz CT molecular complexity index is 417. The van der Waals surface area contributed by atoms with Crippen LogP contribution < -0.4 is 0 Å². The minimum atomic E-state index is -0.246. The zero-order chi connectivity index (χ0) is 14.7. The Morgan fingerprint density at radius 2 is 2.05 bits per heavy atom. The summed E-state index contributed by atoms with van der Waals surface area (Å²) in [6, 6.07) is 0.130. The Kier molecular flexibility index (Phi) is 5.16. The molecule has 0 saturated carbocycles. The minimum absolute atomic E-state index is 0.130. The molecule has 2 heterocycles. The summed E-state index contributed by atoms with van der Waals surface area (Å²) in [5, 5.41) is 18.1. The van der Waals surface area contributed by atoms with Gasteiger partial charge in [0.2, 0.25) is 11.8 Å². The van der Waals surface area contributed by atoms with E-state index in [9.17, 15) is 5.11 Å². The molecule has 2 rings (SSSR count). The van der Waals surface area contributed by atoms with Gasteiger partial charge in [0.1, 0.15) is 0 Å². The van der Waals surface area contributed by atoms with E-state index in [0.29, 0.717) is 17.7 Å². The number of piperidine rings is 1. The van der Waals surface area contributed by atoms with E-state index in [4.69, 9.17) is 4.42 Å². The van der Waals surface area contributed by atoms with E-state index in [1.165, 1.54) is 0 Å². The van der Waals surface area contributed by atoms with Crippen molar-refractivity contribution in [2.45, 2.75) is 59.1 Å². The molecule has 5 heteroatoms. The fourth-order valence-electron chi connectivity index (χ4n) is 2.81. The number of rotatable bonds is 5. The van der Waals surface area contributed by atoms with Gasteiger partial charge in [-0.15, -0.1) is 10.2 Å². The van der Waals surface area contributed by atoms with Crippen LogP contribution in [0.5, 0.6) is 0 Å². The molecular weight excluding hydrogens is 254 g/mol. The molecule has 3 unspecified atom stereocenters. The van der Waals surface area contributed by atoms with Gasteiger partial charge in [0, 0.05) is 13.0 Å². The first-order valence-electron chi connectivity index (χ1n) is 7.71. The molecule has 1 aromatic rings. The van der Waals surface area contributed by atoms with Gasteiger partial charge in [-0.3, -0.25) is 4.90 Å². The van der Waals surface area contributed by atoms with Gasteiger partial charge in [-0.2, -0.15) is 0 Å². The fraction of sp³-hybridized carbons (Fsp3) is 0.867. The second-order valence-electron chi connectivity index (χ2n) is 6.45. The first-order valence-corrected chi connectivity index (χ1v) is 7.71. The molecule has 0 spiro atoms. The molecule has 20 heavy (non-hydrogen) atoms. The van der Waals surface area contributed by atoms with Gasteiger partial charge in [0.15, 0.2) is 0 Å². The Morgan fingerprint density at radius 3 is 2.70 bits per heavy atom. The van der Waals surface area contributed by atoms with Crippen LogP contribution in [0, 0.1) is 11.8 Å². The smallest absolute Gasteiger partial charge is 0.233 e. The molecule has 0 bridgehead atoms. The molecular formula is C15H27N3O2. The normalized spacial score (nSPS) is 24.0. The standard InChI is InChI=1S/C15H27N3O2/c1-10(2)8-14-16-17-15(20-14)11(3)18-7-5-6-13(9-18)12(4)19/h10-13,19H,5-9H2,1-4H3. The predicted molar refractivity (Wildman–Crippen MR) is 77.2 cm³/mol. The summed E-state index contributed by atoms with van der Waals surface area (Å²) in [7, 11) is 0. The van der Waals surface area contributed by atoms with Crippen molar-refractivity contribution in [3.8, 4) is 0 Å². The van der Waals surface area contributed by atoms with Crippen LogP contribution >= 0.6 is 0 Å². The topological polar surface area (TPSA) is 62.4 Å². The number of likely N-dealkylation sites (tertiary alicyclic amines) is 1. The number of hydrogen-bond donors (Lipinski definition) is 1. The Hall–Kier alpha value is -0.940. The maximum Gasteiger partial charge on any atom is 0.233 e. The summed E-state index contributed by atoms with van der Waals surface area (Å²) in [6.45, 7) is 10.2. The predicted octanol–water partition coefficient (Wildman–Crippen LogP) is 2.42. The molecule has 1 aliphatic heterocycles. The first-order chi connectivity index (χ1) is 9.47. The maximum absolute atomic E-state index is 9.77. The first kappa shape index (κ1) is 15.4. The molecule has 1 aliphatic rings. The van der Waals surface area contributed by atoms with Gasteiger partial charge in [-0.05, 0) is 45.1 Å². The van der Waals surface area contributed by atoms with Crippen molar-refractivity contribution in [2.24, 2.45) is 11.8 Å². The largest absolute Gasteiger partial charge is 0.424 e. The number of hydrogen-bond acceptors (Lipinski definition) is 5. The van der Waals surface area contributed by atoms with Crippen molar-refractivity contribution in [3.63, 3.8) is 0 Å². The fourth-order valence-corrected chi connectivity index (χ4v) is 2.81. The van der Waals surface area contributed by atoms with Crippen LogP contribution in [0.25, 0.3) is 0 Å². The number of aliphatic hydroxyl groups excluding tert-OH is 1. The van der Waals surface area contributed by atoms with Gasteiger partial charge >= 0.3 is 0 Å². The van der Waals surface area contributed by atoms with Crippen LogP contribution in [0.15, 0.2) is 4.42 Å². The summed E-state index contributed by atoms with van der Waals surface area (Å²) >= 11 is 0. The molecule has 1 aromatic heterocycles. The minimum Gasteiger partial charge on any atom is -0.424 e. The molecule has 3 atom stereocenters. The van der Waals surface area contributed by atoms with Crippen LogP contribution in [-0.4, -0.2) is 39.4 Å². The number of nitrogens with zero attached hydrogens (tertiary/aromatic N) is 3. The van der Waals surface area contributed by atoms with Crippen LogP contribution in [-0.2, 0) is 6.42 Å². The Morgan fingerprint density at radius 1 is 1.30 bits per heavy atom. The lowest BCUT2D eigenvalue weighted by atomic mass is 9.92. The molecule has 1 fully saturated rings. The van der Waals surface area contributed by atoms with E-state index < -0.39 is 0 Å². The third kappa shape index (κ3) is 3.79. The van der Waals surface area contributed by atoms with Crippen molar-refractivity contribution >= 4 is 0 Å². The van der Waals surface area contributed by atoms with Crippen molar-refractivity contribution < 1.29 is 9.52 Å². The van der Waals surface area contributed by atoms with Crippen LogP contribution in [0.1, 0.15) is 58.4 Å². The summed E-state index contributed by atoms with van der Waals surface area (Å²) in [5.41, 5.74) is 0. The van der Waals surface area contributed by atoms with Gasteiger partial charge in [-0.25, -0.2) is 0 Å². The number of aliphatic hydroxyl groups is 1. The highest BCUT2D eigenvalue weighted by molar-refractivity contribution is 4.92.